The summed E-state index contributed by atoms with van der Waals surface area (Å²) in [6.07, 6.45) is 0.775. The Bertz CT molecular complexity index is 512. The lowest BCUT2D eigenvalue weighted by molar-refractivity contribution is -0.123. The van der Waals surface area contributed by atoms with Gasteiger partial charge < -0.3 is 10.1 Å². The van der Waals surface area contributed by atoms with Crippen LogP contribution in [-0.4, -0.2) is 18.5 Å². The van der Waals surface area contributed by atoms with Crippen LogP contribution in [-0.2, 0) is 9.53 Å². The molecule has 4 nitrogen and oxygen atoms in total. The summed E-state index contributed by atoms with van der Waals surface area (Å²) in [6, 6.07) is 0. The second-order valence-electron chi connectivity index (χ2n) is 5.83. The number of carbonyl (C=O) groups is 2. The van der Waals surface area contributed by atoms with Gasteiger partial charge in [-0.1, -0.05) is 27.7 Å². The Morgan fingerprint density at radius 3 is 2.35 bits per heavy atom. The first-order valence-electron chi connectivity index (χ1n) is 6.77. The van der Waals surface area contributed by atoms with Crippen LogP contribution in [0.1, 0.15) is 54.9 Å². The predicted octanol–water partition coefficient (Wildman–Crippen LogP) is 3.92. The van der Waals surface area contributed by atoms with Gasteiger partial charge in [0, 0.05) is 10.3 Å². The third-order valence-corrected chi connectivity index (χ3v) is 4.06. The van der Waals surface area contributed by atoms with Crippen molar-refractivity contribution in [2.24, 2.45) is 5.41 Å². The number of aryl methyl sites for hydroxylation is 1. The molecule has 0 saturated carbocycles. The van der Waals surface area contributed by atoms with Gasteiger partial charge in [0.15, 0.2) is 0 Å². The molecule has 1 aromatic heterocycles. The molecule has 0 fully saturated rings. The molecule has 0 saturated heterocycles. The van der Waals surface area contributed by atoms with Crippen molar-refractivity contribution in [3.8, 4) is 0 Å². The van der Waals surface area contributed by atoms with Crippen molar-refractivity contribution in [2.75, 3.05) is 11.9 Å². The summed E-state index contributed by atoms with van der Waals surface area (Å²) in [4.78, 5) is 25.2. The van der Waals surface area contributed by atoms with Gasteiger partial charge in [0.2, 0.25) is 5.91 Å². The fourth-order valence-electron chi connectivity index (χ4n) is 1.52. The third kappa shape index (κ3) is 3.82. The fraction of sp³-hybridized carbons (Fsp3) is 0.600. The first-order chi connectivity index (χ1) is 9.18. The third-order valence-electron chi connectivity index (χ3n) is 2.93. The molecule has 1 amide bonds. The maximum absolute atomic E-state index is 12.1. The normalized spacial score (nSPS) is 11.3. The Morgan fingerprint density at radius 2 is 1.85 bits per heavy atom. The number of amides is 1. The summed E-state index contributed by atoms with van der Waals surface area (Å²) in [7, 11) is 0. The van der Waals surface area contributed by atoms with Crippen LogP contribution in [0, 0.1) is 19.3 Å². The molecule has 1 N–H and O–H groups in total. The van der Waals surface area contributed by atoms with E-state index in [4.69, 9.17) is 4.74 Å². The molecule has 0 aliphatic rings. The van der Waals surface area contributed by atoms with E-state index in [1.165, 1.54) is 11.3 Å². The van der Waals surface area contributed by atoms with Gasteiger partial charge in [-0.05, 0) is 25.8 Å². The Labute approximate surface area is 124 Å². The number of hydrogen-bond acceptors (Lipinski definition) is 4. The maximum Gasteiger partial charge on any atom is 0.341 e. The van der Waals surface area contributed by atoms with Gasteiger partial charge in [-0.2, -0.15) is 0 Å². The summed E-state index contributed by atoms with van der Waals surface area (Å²) >= 11 is 1.41. The molecular formula is C15H23NO3S. The summed E-state index contributed by atoms with van der Waals surface area (Å²) in [6.45, 7) is 11.7. The predicted molar refractivity (Wildman–Crippen MR) is 82.5 cm³/mol. The van der Waals surface area contributed by atoms with E-state index in [1.54, 1.807) is 0 Å². The SMILES string of the molecule is CCCOC(=O)c1c(NC(=O)C(C)(C)C)sc(C)c1C. The molecule has 1 rings (SSSR count). The topological polar surface area (TPSA) is 55.4 Å². The molecule has 0 bridgehead atoms. The van der Waals surface area contributed by atoms with E-state index >= 15 is 0 Å². The molecule has 0 spiro atoms. The van der Waals surface area contributed by atoms with Crippen molar-refractivity contribution in [3.63, 3.8) is 0 Å². The second-order valence-corrected chi connectivity index (χ2v) is 7.05. The number of rotatable bonds is 4. The van der Waals surface area contributed by atoms with Crippen molar-refractivity contribution in [1.29, 1.82) is 0 Å². The first kappa shape index (κ1) is 16.7. The molecule has 5 heteroatoms. The minimum absolute atomic E-state index is 0.108. The molecule has 1 aromatic rings. The van der Waals surface area contributed by atoms with Gasteiger partial charge in [0.05, 0.1) is 12.2 Å². The lowest BCUT2D eigenvalue weighted by atomic mass is 9.96. The quantitative estimate of drug-likeness (QED) is 0.857. The molecule has 0 radical (unpaired) electrons. The van der Waals surface area contributed by atoms with E-state index in [1.807, 2.05) is 41.5 Å². The largest absolute Gasteiger partial charge is 0.462 e. The molecule has 0 aromatic carbocycles. The average molecular weight is 297 g/mol. The number of esters is 1. The molecule has 20 heavy (non-hydrogen) atoms. The highest BCUT2D eigenvalue weighted by Gasteiger charge is 2.26. The van der Waals surface area contributed by atoms with Crippen LogP contribution >= 0.6 is 11.3 Å². The minimum atomic E-state index is -0.504. The summed E-state index contributed by atoms with van der Waals surface area (Å²) in [5, 5.41) is 3.43. The first-order valence-corrected chi connectivity index (χ1v) is 7.58. The molecule has 0 aliphatic heterocycles. The molecular weight excluding hydrogens is 274 g/mol. The Balaban J connectivity index is 3.06. The number of ether oxygens (including phenoxy) is 1. The van der Waals surface area contributed by atoms with Crippen molar-refractivity contribution in [1.82, 2.24) is 0 Å². The van der Waals surface area contributed by atoms with E-state index in [0.717, 1.165) is 16.9 Å². The number of anilines is 1. The van der Waals surface area contributed by atoms with Crippen LogP contribution in [0.2, 0.25) is 0 Å². The highest BCUT2D eigenvalue weighted by molar-refractivity contribution is 7.16. The fourth-order valence-corrected chi connectivity index (χ4v) is 2.56. The van der Waals surface area contributed by atoms with Crippen molar-refractivity contribution in [3.05, 3.63) is 16.0 Å². The monoisotopic (exact) mass is 297 g/mol. The van der Waals surface area contributed by atoms with Crippen LogP contribution in [0.25, 0.3) is 0 Å². The second kappa shape index (κ2) is 6.39. The average Bonchev–Trinajstić information content (AvgIpc) is 2.61. The van der Waals surface area contributed by atoms with Crippen LogP contribution in [0.5, 0.6) is 0 Å². The summed E-state index contributed by atoms with van der Waals surface area (Å²) < 4.78 is 5.20. The van der Waals surface area contributed by atoms with E-state index in [2.05, 4.69) is 5.32 Å². The van der Waals surface area contributed by atoms with Crippen LogP contribution in [0.4, 0.5) is 5.00 Å². The van der Waals surface area contributed by atoms with Gasteiger partial charge >= 0.3 is 5.97 Å². The van der Waals surface area contributed by atoms with E-state index in [9.17, 15) is 9.59 Å². The Hall–Kier alpha value is -1.36. The minimum Gasteiger partial charge on any atom is -0.462 e. The van der Waals surface area contributed by atoms with Crippen molar-refractivity contribution in [2.45, 2.75) is 48.0 Å². The zero-order valence-corrected chi connectivity index (χ0v) is 13.9. The number of carbonyl (C=O) groups excluding carboxylic acids is 2. The van der Waals surface area contributed by atoms with Crippen LogP contribution < -0.4 is 5.32 Å². The highest BCUT2D eigenvalue weighted by Crippen LogP contribution is 2.34. The van der Waals surface area contributed by atoms with E-state index in [-0.39, 0.29) is 11.9 Å². The van der Waals surface area contributed by atoms with Crippen molar-refractivity contribution >= 4 is 28.2 Å². The molecule has 0 atom stereocenters. The van der Waals surface area contributed by atoms with Gasteiger partial charge in [0.25, 0.3) is 0 Å². The van der Waals surface area contributed by atoms with Gasteiger partial charge in [-0.25, -0.2) is 4.79 Å². The Morgan fingerprint density at radius 1 is 1.25 bits per heavy atom. The van der Waals surface area contributed by atoms with E-state index in [0.29, 0.717) is 17.2 Å². The zero-order chi connectivity index (χ0) is 15.5. The number of nitrogens with one attached hydrogen (secondary N) is 1. The van der Waals surface area contributed by atoms with Gasteiger partial charge in [-0.3, -0.25) is 4.79 Å². The highest BCUT2D eigenvalue weighted by atomic mass is 32.1. The molecule has 0 aliphatic carbocycles. The number of hydrogen-bond donors (Lipinski definition) is 1. The molecule has 0 unspecified atom stereocenters. The van der Waals surface area contributed by atoms with Crippen LogP contribution in [0.15, 0.2) is 0 Å². The maximum atomic E-state index is 12.1. The smallest absolute Gasteiger partial charge is 0.341 e. The van der Waals surface area contributed by atoms with Crippen LogP contribution in [0.3, 0.4) is 0 Å². The standard InChI is InChI=1S/C15H23NO3S/c1-7-8-19-13(17)11-9(2)10(3)20-12(11)16-14(18)15(4,5)6/h7-8H2,1-6H3,(H,16,18). The molecule has 1 heterocycles. The Kier molecular flexibility index (Phi) is 5.34. The van der Waals surface area contributed by atoms with Gasteiger partial charge in [0.1, 0.15) is 5.00 Å². The van der Waals surface area contributed by atoms with Gasteiger partial charge in [-0.15, -0.1) is 11.3 Å². The summed E-state index contributed by atoms with van der Waals surface area (Å²) in [5.74, 6) is -0.471. The zero-order valence-electron chi connectivity index (χ0n) is 13.0. The summed E-state index contributed by atoms with van der Waals surface area (Å²) in [5.41, 5.74) is 0.856. The van der Waals surface area contributed by atoms with Crippen molar-refractivity contribution < 1.29 is 14.3 Å². The number of thiophene rings is 1. The molecule has 112 valence electrons. The lowest BCUT2D eigenvalue weighted by Gasteiger charge is -2.17. The lowest BCUT2D eigenvalue weighted by Crippen LogP contribution is -2.28. The van der Waals surface area contributed by atoms with E-state index < -0.39 is 5.41 Å².